The van der Waals surface area contributed by atoms with E-state index in [-0.39, 0.29) is 28.3 Å². The second kappa shape index (κ2) is 8.32. The smallest absolute Gasteiger partial charge is 0.255 e. The molecule has 2 bridgehead atoms. The van der Waals surface area contributed by atoms with Crippen molar-refractivity contribution < 1.29 is 32.9 Å². The van der Waals surface area contributed by atoms with Crippen LogP contribution in [-0.2, 0) is 9.84 Å². The van der Waals surface area contributed by atoms with Crippen molar-refractivity contribution in [1.82, 2.24) is 0 Å². The van der Waals surface area contributed by atoms with Gasteiger partial charge in [-0.05, 0) is 86.4 Å². The maximum absolute atomic E-state index is 13.5. The zero-order valence-corrected chi connectivity index (χ0v) is 19.5. The number of sulfone groups is 1. The SMILES string of the molecule is Cc1cc(NC(=O)c2ccc(Cl)c(S(=O)(=O)[C@]3(O)CC4CCC(C3)[C@@]4(O)CO)c2)ccc1F. The first-order valence-corrected chi connectivity index (χ1v) is 12.4. The summed E-state index contributed by atoms with van der Waals surface area (Å²) in [5.41, 5.74) is -0.747. The molecule has 0 aliphatic heterocycles. The van der Waals surface area contributed by atoms with Crippen molar-refractivity contribution >= 4 is 33.0 Å². The third-order valence-electron chi connectivity index (χ3n) is 7.06. The summed E-state index contributed by atoms with van der Waals surface area (Å²) in [5, 5.41) is 34.1. The molecule has 0 radical (unpaired) electrons. The highest BCUT2D eigenvalue weighted by atomic mass is 35.5. The molecule has 0 spiro atoms. The Bertz CT molecular complexity index is 1200. The molecule has 2 atom stereocenters. The fraction of sp³-hybridized carbons (Fsp3) is 0.435. The van der Waals surface area contributed by atoms with Gasteiger partial charge in [-0.3, -0.25) is 4.79 Å². The number of carbonyl (C=O) groups excluding carboxylic acids is 1. The minimum absolute atomic E-state index is 0.00537. The van der Waals surface area contributed by atoms with Crippen molar-refractivity contribution in [2.75, 3.05) is 11.9 Å². The minimum atomic E-state index is -4.42. The van der Waals surface area contributed by atoms with Crippen molar-refractivity contribution in [2.24, 2.45) is 11.8 Å². The molecule has 33 heavy (non-hydrogen) atoms. The van der Waals surface area contributed by atoms with Crippen LogP contribution in [0.25, 0.3) is 0 Å². The van der Waals surface area contributed by atoms with E-state index in [1.165, 1.54) is 30.3 Å². The first-order valence-electron chi connectivity index (χ1n) is 10.6. The quantitative estimate of drug-likeness (QED) is 0.503. The van der Waals surface area contributed by atoms with Crippen LogP contribution in [0.2, 0.25) is 5.02 Å². The number of halogens is 2. The molecule has 7 nitrogen and oxygen atoms in total. The van der Waals surface area contributed by atoms with Crippen LogP contribution in [0.5, 0.6) is 0 Å². The highest BCUT2D eigenvalue weighted by Gasteiger charge is 2.61. The molecule has 4 rings (SSSR count). The van der Waals surface area contributed by atoms with Gasteiger partial charge >= 0.3 is 0 Å². The van der Waals surface area contributed by atoms with Gasteiger partial charge in [0.25, 0.3) is 5.91 Å². The second-order valence-corrected chi connectivity index (χ2v) is 11.7. The number of nitrogens with one attached hydrogen (secondary N) is 1. The minimum Gasteiger partial charge on any atom is -0.393 e. The largest absolute Gasteiger partial charge is 0.393 e. The van der Waals surface area contributed by atoms with Crippen molar-refractivity contribution in [3.63, 3.8) is 0 Å². The number of hydrogen-bond acceptors (Lipinski definition) is 6. The lowest BCUT2D eigenvalue weighted by Gasteiger charge is -2.45. The molecule has 4 N–H and O–H groups in total. The van der Waals surface area contributed by atoms with E-state index in [9.17, 15) is 32.9 Å². The van der Waals surface area contributed by atoms with Crippen LogP contribution < -0.4 is 5.32 Å². The van der Waals surface area contributed by atoms with Crippen molar-refractivity contribution in [3.8, 4) is 0 Å². The van der Waals surface area contributed by atoms with E-state index in [2.05, 4.69) is 5.32 Å². The molecule has 2 fully saturated rings. The molecule has 2 unspecified atom stereocenters. The van der Waals surface area contributed by atoms with E-state index in [4.69, 9.17) is 11.6 Å². The third kappa shape index (κ3) is 3.95. The summed E-state index contributed by atoms with van der Waals surface area (Å²) in [6.07, 6.45) is 0.495. The topological polar surface area (TPSA) is 124 Å². The third-order valence-corrected chi connectivity index (χ3v) is 9.75. The molecule has 1 amide bonds. The molecular formula is C23H25ClFNO6S. The number of aliphatic hydroxyl groups is 3. The number of benzene rings is 2. The number of aryl methyl sites for hydroxylation is 1. The van der Waals surface area contributed by atoms with Gasteiger partial charge in [-0.2, -0.15) is 0 Å². The zero-order valence-electron chi connectivity index (χ0n) is 17.9. The Morgan fingerprint density at radius 3 is 2.36 bits per heavy atom. The fourth-order valence-electron chi connectivity index (χ4n) is 5.11. The van der Waals surface area contributed by atoms with Gasteiger partial charge in [0.2, 0.25) is 9.84 Å². The molecule has 10 heteroatoms. The summed E-state index contributed by atoms with van der Waals surface area (Å²) < 4.78 is 40.5. The molecule has 2 aromatic carbocycles. The number of amides is 1. The molecule has 0 aromatic heterocycles. The number of aliphatic hydroxyl groups excluding tert-OH is 1. The summed E-state index contributed by atoms with van der Waals surface area (Å²) in [6, 6.07) is 7.77. The summed E-state index contributed by atoms with van der Waals surface area (Å²) >= 11 is 6.18. The summed E-state index contributed by atoms with van der Waals surface area (Å²) in [6.45, 7) is 1.05. The van der Waals surface area contributed by atoms with Crippen LogP contribution in [0, 0.1) is 24.6 Å². The average molecular weight is 498 g/mol. The molecule has 0 saturated heterocycles. The Labute approximate surface area is 196 Å². The number of carbonyl (C=O) groups is 1. The van der Waals surface area contributed by atoms with E-state index >= 15 is 0 Å². The normalized spacial score (nSPS) is 29.2. The Morgan fingerprint density at radius 1 is 1.15 bits per heavy atom. The van der Waals surface area contributed by atoms with Gasteiger partial charge in [0.15, 0.2) is 4.93 Å². The number of fused-ring (bicyclic) bond motifs is 2. The van der Waals surface area contributed by atoms with Crippen molar-refractivity contribution in [1.29, 1.82) is 0 Å². The first-order chi connectivity index (χ1) is 15.4. The molecule has 178 valence electrons. The van der Waals surface area contributed by atoms with Crippen molar-refractivity contribution in [2.45, 2.75) is 48.0 Å². The molecule has 2 aliphatic rings. The Kier molecular flexibility index (Phi) is 6.07. The van der Waals surface area contributed by atoms with E-state index in [1.54, 1.807) is 6.92 Å². The average Bonchev–Trinajstić information content (AvgIpc) is 2.93. The van der Waals surface area contributed by atoms with Crippen LogP contribution in [0.15, 0.2) is 41.3 Å². The monoisotopic (exact) mass is 497 g/mol. The van der Waals surface area contributed by atoms with Gasteiger partial charge in [-0.15, -0.1) is 0 Å². The number of rotatable bonds is 5. The van der Waals surface area contributed by atoms with Crippen LogP contribution in [-0.4, -0.2) is 46.8 Å². The molecule has 2 aliphatic carbocycles. The van der Waals surface area contributed by atoms with E-state index in [0.717, 1.165) is 6.07 Å². The van der Waals surface area contributed by atoms with E-state index in [1.807, 2.05) is 0 Å². The molecule has 2 saturated carbocycles. The van der Waals surface area contributed by atoms with Gasteiger partial charge in [-0.1, -0.05) is 11.6 Å². The molecular weight excluding hydrogens is 473 g/mol. The van der Waals surface area contributed by atoms with E-state index in [0.29, 0.717) is 24.1 Å². The predicted octanol–water partition coefficient (Wildman–Crippen LogP) is 3.05. The van der Waals surface area contributed by atoms with Gasteiger partial charge in [0, 0.05) is 11.3 Å². The number of anilines is 1. The van der Waals surface area contributed by atoms with Gasteiger partial charge in [0.1, 0.15) is 5.82 Å². The zero-order chi connectivity index (χ0) is 24.2. The maximum atomic E-state index is 13.5. The first kappa shape index (κ1) is 24.1. The lowest BCUT2D eigenvalue weighted by atomic mass is 9.73. The molecule has 2 aromatic rings. The Morgan fingerprint density at radius 2 is 1.79 bits per heavy atom. The Hall–Kier alpha value is -2.04. The van der Waals surface area contributed by atoms with Crippen LogP contribution in [0.1, 0.15) is 41.6 Å². The summed E-state index contributed by atoms with van der Waals surface area (Å²) in [7, 11) is -4.42. The lowest BCUT2D eigenvalue weighted by molar-refractivity contribution is -0.128. The van der Waals surface area contributed by atoms with Crippen LogP contribution in [0.3, 0.4) is 0 Å². The Balaban J connectivity index is 1.64. The predicted molar refractivity (Wildman–Crippen MR) is 120 cm³/mol. The van der Waals surface area contributed by atoms with Gasteiger partial charge < -0.3 is 20.6 Å². The highest BCUT2D eigenvalue weighted by molar-refractivity contribution is 7.92. The van der Waals surface area contributed by atoms with E-state index < -0.39 is 50.5 Å². The number of hydrogen-bond donors (Lipinski definition) is 4. The standard InChI is InChI=1S/C23H25ClFNO6S/c1-13-8-17(5-7-19(13)25)26-21(28)14-2-6-18(24)20(9-14)33(31,32)22(29)10-15-3-4-16(11-22)23(15,30)12-27/h2,5-9,15-16,27,29-30H,3-4,10-12H2,1H3,(H,26,28)/t15?,16?,22-,23-. The summed E-state index contributed by atoms with van der Waals surface area (Å²) in [5.74, 6) is -2.20. The van der Waals surface area contributed by atoms with Crippen LogP contribution in [0.4, 0.5) is 10.1 Å². The van der Waals surface area contributed by atoms with Crippen molar-refractivity contribution in [3.05, 3.63) is 58.4 Å². The van der Waals surface area contributed by atoms with Gasteiger partial charge in [0.05, 0.1) is 22.1 Å². The molecule has 0 heterocycles. The highest BCUT2D eigenvalue weighted by Crippen LogP contribution is 2.55. The second-order valence-electron chi connectivity index (χ2n) is 9.04. The van der Waals surface area contributed by atoms with Crippen LogP contribution >= 0.6 is 11.6 Å². The maximum Gasteiger partial charge on any atom is 0.255 e. The fourth-order valence-corrected chi connectivity index (χ4v) is 7.38. The lowest BCUT2D eigenvalue weighted by Crippen LogP contribution is -2.56. The van der Waals surface area contributed by atoms with Gasteiger partial charge in [-0.25, -0.2) is 12.8 Å². The summed E-state index contributed by atoms with van der Waals surface area (Å²) in [4.78, 5) is 10.2.